The van der Waals surface area contributed by atoms with Gasteiger partial charge in [-0.3, -0.25) is 0 Å². The van der Waals surface area contributed by atoms with E-state index >= 15 is 0 Å². The van der Waals surface area contributed by atoms with Crippen molar-refractivity contribution in [3.63, 3.8) is 0 Å². The van der Waals surface area contributed by atoms with Gasteiger partial charge in [0.25, 0.3) is 0 Å². The van der Waals surface area contributed by atoms with Crippen LogP contribution in [0.2, 0.25) is 0 Å². The molecule has 4 nitrogen and oxygen atoms in total. The molecule has 0 radical (unpaired) electrons. The fourth-order valence-corrected chi connectivity index (χ4v) is 3.23. The Balaban J connectivity index is 2.09. The molecule has 0 fully saturated rings. The van der Waals surface area contributed by atoms with Gasteiger partial charge in [0.15, 0.2) is 0 Å². The second-order valence-corrected chi connectivity index (χ2v) is 7.54. The summed E-state index contributed by atoms with van der Waals surface area (Å²) in [5.41, 5.74) is 1.25. The molecule has 2 N–H and O–H groups in total. The van der Waals surface area contributed by atoms with Crippen LogP contribution >= 0.6 is 0 Å². The quantitative estimate of drug-likeness (QED) is 0.617. The fraction of sp³-hybridized carbons (Fsp3) is 0.625. The predicted molar refractivity (Wildman–Crippen MR) is 88.9 cm³/mol. The summed E-state index contributed by atoms with van der Waals surface area (Å²) in [4.78, 5) is 0. The Morgan fingerprint density at radius 3 is 2.38 bits per heavy atom. The fourth-order valence-electron chi connectivity index (χ4n) is 2.04. The molecule has 0 saturated carbocycles. The first kappa shape index (κ1) is 18.1. The van der Waals surface area contributed by atoms with E-state index in [9.17, 15) is 8.42 Å². The molecule has 0 heterocycles. The number of hydrogen-bond acceptors (Lipinski definition) is 3. The molecule has 0 aliphatic heterocycles. The highest BCUT2D eigenvalue weighted by molar-refractivity contribution is 7.89. The third-order valence-corrected chi connectivity index (χ3v) is 4.67. The van der Waals surface area contributed by atoms with E-state index in [1.54, 1.807) is 0 Å². The standard InChI is InChI=1S/C16H28N2O2S/c1-15(2)17-12-6-7-14-21(19,20)18-13-8-11-16-9-4-3-5-10-16/h3-5,9-10,15,17-18H,6-8,11-14H2,1-2H3. The lowest BCUT2D eigenvalue weighted by molar-refractivity contribution is 0.554. The monoisotopic (exact) mass is 312 g/mol. The summed E-state index contributed by atoms with van der Waals surface area (Å²) >= 11 is 0. The smallest absolute Gasteiger partial charge is 0.211 e. The van der Waals surface area contributed by atoms with Crippen LogP contribution < -0.4 is 10.0 Å². The molecular formula is C16H28N2O2S. The lowest BCUT2D eigenvalue weighted by Crippen LogP contribution is -2.28. The van der Waals surface area contributed by atoms with Crippen molar-refractivity contribution in [1.82, 2.24) is 10.0 Å². The molecule has 0 spiro atoms. The number of aryl methyl sites for hydroxylation is 1. The van der Waals surface area contributed by atoms with E-state index in [4.69, 9.17) is 0 Å². The predicted octanol–water partition coefficient (Wildman–Crippen LogP) is 2.32. The Labute approximate surface area is 129 Å². The van der Waals surface area contributed by atoms with E-state index < -0.39 is 10.0 Å². The number of unbranched alkanes of at least 4 members (excludes halogenated alkanes) is 1. The minimum atomic E-state index is -3.11. The van der Waals surface area contributed by atoms with Crippen molar-refractivity contribution in [1.29, 1.82) is 0 Å². The Morgan fingerprint density at radius 1 is 1.00 bits per heavy atom. The molecule has 0 unspecified atom stereocenters. The minimum absolute atomic E-state index is 0.220. The van der Waals surface area contributed by atoms with Crippen LogP contribution in [0.15, 0.2) is 30.3 Å². The van der Waals surface area contributed by atoms with Gasteiger partial charge >= 0.3 is 0 Å². The van der Waals surface area contributed by atoms with Crippen LogP contribution in [0.25, 0.3) is 0 Å². The first-order valence-electron chi connectivity index (χ1n) is 7.74. The third kappa shape index (κ3) is 9.61. The molecule has 5 heteroatoms. The molecular weight excluding hydrogens is 284 g/mol. The molecule has 0 aromatic heterocycles. The number of benzene rings is 1. The van der Waals surface area contributed by atoms with Gasteiger partial charge in [0.2, 0.25) is 10.0 Å². The number of sulfonamides is 1. The summed E-state index contributed by atoms with van der Waals surface area (Å²) in [5.74, 6) is 0.220. The third-order valence-electron chi connectivity index (χ3n) is 3.20. The zero-order valence-electron chi connectivity index (χ0n) is 13.1. The van der Waals surface area contributed by atoms with E-state index in [-0.39, 0.29) is 5.75 Å². The van der Waals surface area contributed by atoms with Crippen molar-refractivity contribution in [2.75, 3.05) is 18.8 Å². The average molecular weight is 312 g/mol. The second kappa shape index (κ2) is 9.92. The number of nitrogens with one attached hydrogen (secondary N) is 2. The van der Waals surface area contributed by atoms with Crippen LogP contribution in [0.5, 0.6) is 0 Å². The van der Waals surface area contributed by atoms with Crippen LogP contribution in [0, 0.1) is 0 Å². The molecule has 21 heavy (non-hydrogen) atoms. The summed E-state index contributed by atoms with van der Waals surface area (Å²) < 4.78 is 26.3. The first-order valence-corrected chi connectivity index (χ1v) is 9.39. The van der Waals surface area contributed by atoms with Crippen molar-refractivity contribution in [3.8, 4) is 0 Å². The Kier molecular flexibility index (Phi) is 8.57. The molecule has 0 bridgehead atoms. The van der Waals surface area contributed by atoms with Gasteiger partial charge in [0.05, 0.1) is 5.75 Å². The lowest BCUT2D eigenvalue weighted by Gasteiger charge is -2.09. The highest BCUT2D eigenvalue weighted by Crippen LogP contribution is 2.02. The minimum Gasteiger partial charge on any atom is -0.315 e. The molecule has 0 aliphatic carbocycles. The van der Waals surface area contributed by atoms with Crippen molar-refractivity contribution in [3.05, 3.63) is 35.9 Å². The van der Waals surface area contributed by atoms with Crippen molar-refractivity contribution >= 4 is 10.0 Å². The zero-order chi connectivity index (χ0) is 15.6. The molecule has 120 valence electrons. The highest BCUT2D eigenvalue weighted by atomic mass is 32.2. The summed E-state index contributed by atoms with van der Waals surface area (Å²) in [6.07, 6.45) is 3.33. The van der Waals surface area contributed by atoms with Gasteiger partial charge in [0.1, 0.15) is 0 Å². The summed E-state index contributed by atoms with van der Waals surface area (Å²) in [6.45, 7) is 5.57. The highest BCUT2D eigenvalue weighted by Gasteiger charge is 2.08. The molecule has 0 atom stereocenters. The van der Waals surface area contributed by atoms with Gasteiger partial charge in [-0.2, -0.15) is 0 Å². The summed E-state index contributed by atoms with van der Waals surface area (Å²) in [6, 6.07) is 10.6. The van der Waals surface area contributed by atoms with Crippen LogP contribution in [-0.2, 0) is 16.4 Å². The van der Waals surface area contributed by atoms with E-state index in [1.165, 1.54) is 5.56 Å². The van der Waals surface area contributed by atoms with Gasteiger partial charge < -0.3 is 5.32 Å². The summed E-state index contributed by atoms with van der Waals surface area (Å²) in [7, 11) is -3.11. The Morgan fingerprint density at radius 2 is 1.71 bits per heavy atom. The Bertz CT molecular complexity index is 472. The lowest BCUT2D eigenvalue weighted by atomic mass is 10.1. The van der Waals surface area contributed by atoms with Crippen molar-refractivity contribution in [2.45, 2.75) is 45.6 Å². The van der Waals surface area contributed by atoms with Crippen molar-refractivity contribution < 1.29 is 8.42 Å². The van der Waals surface area contributed by atoms with E-state index in [0.717, 1.165) is 25.8 Å². The van der Waals surface area contributed by atoms with Crippen LogP contribution in [0.1, 0.15) is 38.7 Å². The van der Waals surface area contributed by atoms with Gasteiger partial charge in [-0.15, -0.1) is 0 Å². The van der Waals surface area contributed by atoms with Crippen molar-refractivity contribution in [2.24, 2.45) is 0 Å². The number of hydrogen-bond donors (Lipinski definition) is 2. The molecule has 0 saturated heterocycles. The zero-order valence-corrected chi connectivity index (χ0v) is 14.0. The average Bonchev–Trinajstić information content (AvgIpc) is 2.44. The van der Waals surface area contributed by atoms with Gasteiger partial charge in [-0.05, 0) is 37.8 Å². The molecule has 1 aromatic rings. The normalized spacial score (nSPS) is 12.0. The Hall–Kier alpha value is -0.910. The van der Waals surface area contributed by atoms with Gasteiger partial charge in [-0.1, -0.05) is 44.2 Å². The topological polar surface area (TPSA) is 58.2 Å². The first-order chi connectivity index (χ1) is 9.99. The number of rotatable bonds is 11. The van der Waals surface area contributed by atoms with E-state index in [2.05, 4.69) is 36.0 Å². The van der Waals surface area contributed by atoms with Crippen LogP contribution in [0.3, 0.4) is 0 Å². The molecule has 0 aliphatic rings. The van der Waals surface area contributed by atoms with E-state index in [1.807, 2.05) is 18.2 Å². The van der Waals surface area contributed by atoms with Crippen LogP contribution in [0.4, 0.5) is 0 Å². The summed E-state index contributed by atoms with van der Waals surface area (Å²) in [5, 5.41) is 3.29. The second-order valence-electron chi connectivity index (χ2n) is 5.62. The maximum atomic E-state index is 11.8. The van der Waals surface area contributed by atoms with Gasteiger partial charge in [-0.25, -0.2) is 13.1 Å². The maximum Gasteiger partial charge on any atom is 0.211 e. The molecule has 1 aromatic carbocycles. The largest absolute Gasteiger partial charge is 0.315 e. The van der Waals surface area contributed by atoms with Gasteiger partial charge in [0, 0.05) is 12.6 Å². The maximum absolute atomic E-state index is 11.8. The molecule has 0 amide bonds. The van der Waals surface area contributed by atoms with Crippen LogP contribution in [-0.4, -0.2) is 33.3 Å². The van der Waals surface area contributed by atoms with E-state index in [0.29, 0.717) is 19.0 Å². The molecule has 1 rings (SSSR count). The SMILES string of the molecule is CC(C)NCCCCS(=O)(=O)NCCCc1ccccc1.